The topological polar surface area (TPSA) is 67.2 Å². The van der Waals surface area contributed by atoms with E-state index in [4.69, 9.17) is 14.7 Å². The Hall–Kier alpha value is -1.85. The van der Waals surface area contributed by atoms with Gasteiger partial charge in [0, 0.05) is 13.2 Å². The molecule has 0 amide bonds. The number of pyridine rings is 1. The van der Waals surface area contributed by atoms with Crippen LogP contribution in [0.1, 0.15) is 24.1 Å². The number of hydrogen-bond donors (Lipinski definition) is 1. The summed E-state index contributed by atoms with van der Waals surface area (Å²) in [5.41, 5.74) is -0.971. The van der Waals surface area contributed by atoms with Gasteiger partial charge in [-0.1, -0.05) is 0 Å². The minimum absolute atomic E-state index is 0.0622. The smallest absolute Gasteiger partial charge is 0.377 e. The van der Waals surface area contributed by atoms with Gasteiger partial charge in [-0.05, 0) is 25.0 Å². The van der Waals surface area contributed by atoms with Gasteiger partial charge in [0.05, 0.1) is 24.9 Å². The van der Waals surface area contributed by atoms with Gasteiger partial charge < -0.3 is 14.8 Å². The third-order valence-electron chi connectivity index (χ3n) is 3.17. The number of halogens is 3. The van der Waals surface area contributed by atoms with E-state index < -0.39 is 11.9 Å². The molecule has 8 heteroatoms. The van der Waals surface area contributed by atoms with Crippen molar-refractivity contribution >= 4 is 5.82 Å². The molecule has 120 valence electrons. The molecule has 0 bridgehead atoms. The van der Waals surface area contributed by atoms with Gasteiger partial charge in [-0.25, -0.2) is 4.98 Å². The zero-order valence-electron chi connectivity index (χ0n) is 11.8. The van der Waals surface area contributed by atoms with E-state index in [-0.39, 0.29) is 24.0 Å². The number of nitriles is 1. The van der Waals surface area contributed by atoms with Gasteiger partial charge in [-0.3, -0.25) is 0 Å². The molecule has 0 radical (unpaired) electrons. The van der Waals surface area contributed by atoms with Crippen LogP contribution in [0.4, 0.5) is 19.0 Å². The number of aromatic nitrogens is 1. The first-order valence-corrected chi connectivity index (χ1v) is 6.92. The molecule has 1 N–H and O–H groups in total. The van der Waals surface area contributed by atoms with E-state index >= 15 is 0 Å². The highest BCUT2D eigenvalue weighted by Gasteiger charge is 2.33. The number of ether oxygens (including phenoxy) is 2. The first-order chi connectivity index (χ1) is 10.5. The van der Waals surface area contributed by atoms with Crippen LogP contribution in [0.3, 0.4) is 0 Å². The third kappa shape index (κ3) is 4.58. The van der Waals surface area contributed by atoms with E-state index in [2.05, 4.69) is 10.3 Å². The Morgan fingerprint density at radius 3 is 2.91 bits per heavy atom. The Labute approximate surface area is 126 Å². The predicted octanol–water partition coefficient (Wildman–Crippen LogP) is 2.58. The van der Waals surface area contributed by atoms with Crippen LogP contribution < -0.4 is 5.32 Å². The van der Waals surface area contributed by atoms with E-state index in [1.807, 2.05) is 0 Å². The van der Waals surface area contributed by atoms with E-state index in [1.165, 1.54) is 0 Å². The number of nitrogens with zero attached hydrogens (tertiary/aromatic N) is 2. The maximum atomic E-state index is 12.6. The minimum atomic E-state index is -4.54. The van der Waals surface area contributed by atoms with E-state index in [0.717, 1.165) is 31.6 Å². The summed E-state index contributed by atoms with van der Waals surface area (Å²) in [7, 11) is 0. The van der Waals surface area contributed by atoms with Crippen molar-refractivity contribution in [3.05, 3.63) is 23.4 Å². The average Bonchev–Trinajstić information content (AvgIpc) is 2.99. The van der Waals surface area contributed by atoms with Crippen LogP contribution in [-0.4, -0.2) is 37.5 Å². The molecule has 0 aliphatic carbocycles. The second kappa shape index (κ2) is 7.42. The lowest BCUT2D eigenvalue weighted by molar-refractivity contribution is -0.141. The number of rotatable bonds is 6. The first-order valence-electron chi connectivity index (χ1n) is 6.92. The van der Waals surface area contributed by atoms with Crippen molar-refractivity contribution in [1.82, 2.24) is 4.98 Å². The van der Waals surface area contributed by atoms with Gasteiger partial charge in [-0.2, -0.15) is 18.4 Å². The first kappa shape index (κ1) is 16.5. The standard InChI is InChI=1S/C14H16F3N3O2/c15-14(16,17)12-4-3-10(8-18)13(20-12)19-5-7-21-9-11-2-1-6-22-11/h3-4,11H,1-2,5-7,9H2,(H,19,20). The molecule has 1 aliphatic rings. The monoisotopic (exact) mass is 315 g/mol. The van der Waals surface area contributed by atoms with Crippen LogP contribution in [0.5, 0.6) is 0 Å². The second-order valence-electron chi connectivity index (χ2n) is 4.84. The largest absolute Gasteiger partial charge is 0.433 e. The molecule has 1 atom stereocenters. The Kier molecular flexibility index (Phi) is 5.57. The molecule has 1 saturated heterocycles. The molecule has 0 saturated carbocycles. The van der Waals surface area contributed by atoms with E-state index in [9.17, 15) is 13.2 Å². The molecular formula is C14H16F3N3O2. The van der Waals surface area contributed by atoms with Gasteiger partial charge in [-0.15, -0.1) is 0 Å². The molecule has 0 spiro atoms. The molecule has 1 fully saturated rings. The van der Waals surface area contributed by atoms with Gasteiger partial charge in [0.2, 0.25) is 0 Å². The molecule has 1 aromatic rings. The molecule has 1 unspecified atom stereocenters. The maximum Gasteiger partial charge on any atom is 0.433 e. The van der Waals surface area contributed by atoms with Crippen molar-refractivity contribution in [1.29, 1.82) is 5.26 Å². The van der Waals surface area contributed by atoms with Crippen molar-refractivity contribution in [3.8, 4) is 6.07 Å². The van der Waals surface area contributed by atoms with Crippen LogP contribution in [-0.2, 0) is 15.7 Å². The minimum Gasteiger partial charge on any atom is -0.377 e. The molecule has 1 aliphatic heterocycles. The summed E-state index contributed by atoms with van der Waals surface area (Å²) in [6.07, 6.45) is -2.46. The molecule has 22 heavy (non-hydrogen) atoms. The summed E-state index contributed by atoms with van der Waals surface area (Å²) in [6, 6.07) is 3.70. The lowest BCUT2D eigenvalue weighted by Gasteiger charge is -2.12. The Balaban J connectivity index is 1.84. The fraction of sp³-hybridized carbons (Fsp3) is 0.571. The molecule has 5 nitrogen and oxygen atoms in total. The normalized spacial score (nSPS) is 18.2. The Bertz CT molecular complexity index is 537. The highest BCUT2D eigenvalue weighted by atomic mass is 19.4. The summed E-state index contributed by atoms with van der Waals surface area (Å²) in [6.45, 7) is 1.76. The SMILES string of the molecule is N#Cc1ccc(C(F)(F)F)nc1NCCOCC1CCCO1. The van der Waals surface area contributed by atoms with Crippen LogP contribution in [0.2, 0.25) is 0 Å². The predicted molar refractivity (Wildman–Crippen MR) is 72.2 cm³/mol. The highest BCUT2D eigenvalue weighted by Crippen LogP contribution is 2.29. The quantitative estimate of drug-likeness (QED) is 0.817. The third-order valence-corrected chi connectivity index (χ3v) is 3.17. The number of nitrogens with one attached hydrogen (secondary N) is 1. The zero-order valence-corrected chi connectivity index (χ0v) is 11.8. The molecule has 0 aromatic carbocycles. The lowest BCUT2D eigenvalue weighted by atomic mass is 10.2. The zero-order chi connectivity index (χ0) is 16.0. The number of hydrogen-bond acceptors (Lipinski definition) is 5. The van der Waals surface area contributed by atoms with Crippen molar-refractivity contribution in [3.63, 3.8) is 0 Å². The molecule has 2 heterocycles. The van der Waals surface area contributed by atoms with E-state index in [1.54, 1.807) is 6.07 Å². The number of alkyl halides is 3. The van der Waals surface area contributed by atoms with Crippen molar-refractivity contribution < 1.29 is 22.6 Å². The lowest BCUT2D eigenvalue weighted by Crippen LogP contribution is -2.19. The summed E-state index contributed by atoms with van der Waals surface area (Å²) in [5.74, 6) is -0.0851. The Morgan fingerprint density at radius 1 is 1.45 bits per heavy atom. The van der Waals surface area contributed by atoms with Gasteiger partial charge >= 0.3 is 6.18 Å². The molecule has 2 rings (SSSR count). The second-order valence-corrected chi connectivity index (χ2v) is 4.84. The van der Waals surface area contributed by atoms with Crippen LogP contribution in [0.25, 0.3) is 0 Å². The highest BCUT2D eigenvalue weighted by molar-refractivity contribution is 5.52. The van der Waals surface area contributed by atoms with Crippen LogP contribution in [0, 0.1) is 11.3 Å². The van der Waals surface area contributed by atoms with E-state index in [0.29, 0.717) is 13.2 Å². The Morgan fingerprint density at radius 2 is 2.27 bits per heavy atom. The van der Waals surface area contributed by atoms with Crippen molar-refractivity contribution in [2.24, 2.45) is 0 Å². The summed E-state index contributed by atoms with van der Waals surface area (Å²) >= 11 is 0. The maximum absolute atomic E-state index is 12.6. The van der Waals surface area contributed by atoms with Crippen LogP contribution >= 0.6 is 0 Å². The summed E-state index contributed by atoms with van der Waals surface area (Å²) in [4.78, 5) is 3.45. The van der Waals surface area contributed by atoms with Gasteiger partial charge in [0.15, 0.2) is 0 Å². The fourth-order valence-corrected chi connectivity index (χ4v) is 2.07. The summed E-state index contributed by atoms with van der Waals surface area (Å²) < 4.78 is 48.6. The molecular weight excluding hydrogens is 299 g/mol. The molecule has 1 aromatic heterocycles. The van der Waals surface area contributed by atoms with Crippen LogP contribution in [0.15, 0.2) is 12.1 Å². The van der Waals surface area contributed by atoms with Gasteiger partial charge in [0.1, 0.15) is 17.6 Å². The summed E-state index contributed by atoms with van der Waals surface area (Å²) in [5, 5.41) is 11.6. The van der Waals surface area contributed by atoms with Crippen molar-refractivity contribution in [2.45, 2.75) is 25.1 Å². The number of anilines is 1. The fourth-order valence-electron chi connectivity index (χ4n) is 2.07. The van der Waals surface area contributed by atoms with Gasteiger partial charge in [0.25, 0.3) is 0 Å². The van der Waals surface area contributed by atoms with Crippen molar-refractivity contribution in [2.75, 3.05) is 31.7 Å². The average molecular weight is 315 g/mol.